The molecule has 0 aliphatic carbocycles. The van der Waals surface area contributed by atoms with Gasteiger partial charge < -0.3 is 9.47 Å². The van der Waals surface area contributed by atoms with Gasteiger partial charge in [-0.25, -0.2) is 4.98 Å². The van der Waals surface area contributed by atoms with Crippen LogP contribution in [-0.2, 0) is 6.42 Å². The molecule has 0 saturated heterocycles. The topological polar surface area (TPSA) is 48.4 Å². The lowest BCUT2D eigenvalue weighted by atomic mass is 10.0. The average Bonchev–Trinajstić information content (AvgIpc) is 3.17. The number of thiazole rings is 1. The Kier molecular flexibility index (Phi) is 5.86. The Bertz CT molecular complexity index is 1090. The van der Waals surface area contributed by atoms with Crippen molar-refractivity contribution in [2.24, 2.45) is 0 Å². The zero-order valence-electron chi connectivity index (χ0n) is 16.1. The molecule has 4 aromatic rings. The zero-order chi connectivity index (χ0) is 20.1. The van der Waals surface area contributed by atoms with Crippen LogP contribution in [0, 0.1) is 0 Å². The monoisotopic (exact) mass is 403 g/mol. The van der Waals surface area contributed by atoms with E-state index < -0.39 is 0 Å². The summed E-state index contributed by atoms with van der Waals surface area (Å²) < 4.78 is 12.9. The van der Waals surface area contributed by atoms with E-state index in [1.54, 1.807) is 0 Å². The molecule has 0 radical (unpaired) electrons. The number of carbonyl (C=O) groups excluding carboxylic acids is 1. The lowest BCUT2D eigenvalue weighted by Crippen LogP contribution is -2.02. The maximum atomic E-state index is 12.4. The second-order valence-corrected chi connectivity index (χ2v) is 7.55. The Labute approximate surface area is 173 Å². The molecule has 0 bridgehead atoms. The summed E-state index contributed by atoms with van der Waals surface area (Å²) in [4.78, 5) is 16.9. The van der Waals surface area contributed by atoms with Crippen molar-refractivity contribution in [3.63, 3.8) is 0 Å². The van der Waals surface area contributed by atoms with Gasteiger partial charge in [0, 0.05) is 12.0 Å². The summed E-state index contributed by atoms with van der Waals surface area (Å²) in [6.07, 6.45) is 1.10. The highest BCUT2D eigenvalue weighted by Gasteiger charge is 2.12. The van der Waals surface area contributed by atoms with Crippen LogP contribution >= 0.6 is 11.3 Å². The highest BCUT2D eigenvalue weighted by atomic mass is 32.1. The molecule has 146 valence electrons. The molecule has 0 amide bonds. The molecular weight excluding hydrogens is 382 g/mol. The summed E-state index contributed by atoms with van der Waals surface area (Å²) in [6.45, 7) is 2.47. The maximum Gasteiger partial charge on any atom is 0.279 e. The quantitative estimate of drug-likeness (QED) is 0.324. The first-order valence-corrected chi connectivity index (χ1v) is 10.4. The third-order valence-corrected chi connectivity index (χ3v) is 5.43. The van der Waals surface area contributed by atoms with Crippen LogP contribution in [0.1, 0.15) is 29.3 Å². The molecule has 0 aliphatic heterocycles. The highest BCUT2D eigenvalue weighted by Crippen LogP contribution is 2.36. The van der Waals surface area contributed by atoms with Gasteiger partial charge in [-0.3, -0.25) is 4.79 Å². The van der Waals surface area contributed by atoms with Crippen molar-refractivity contribution in [2.75, 3.05) is 6.61 Å². The van der Waals surface area contributed by atoms with Crippen LogP contribution in [-0.4, -0.2) is 17.4 Å². The number of Topliss-reactive ketones (excluding diaryl/α,β-unsaturated/α-hetero) is 1. The number of aromatic nitrogens is 1. The Hall–Kier alpha value is -3.18. The Morgan fingerprint density at radius 3 is 2.55 bits per heavy atom. The molecule has 3 aromatic carbocycles. The number of nitrogens with zero attached hydrogens (tertiary/aromatic N) is 1. The highest BCUT2D eigenvalue weighted by molar-refractivity contribution is 7.20. The fraction of sp³-hybridized carbons (Fsp3) is 0.167. The molecule has 4 rings (SSSR count). The first-order chi connectivity index (χ1) is 14.2. The van der Waals surface area contributed by atoms with Crippen LogP contribution < -0.4 is 9.47 Å². The van der Waals surface area contributed by atoms with Crippen molar-refractivity contribution in [2.45, 2.75) is 19.8 Å². The van der Waals surface area contributed by atoms with E-state index >= 15 is 0 Å². The normalized spacial score (nSPS) is 10.8. The number of hydrogen-bond donors (Lipinski definition) is 0. The predicted molar refractivity (Wildman–Crippen MR) is 116 cm³/mol. The number of benzene rings is 3. The number of carbonyl (C=O) groups is 1. The largest absolute Gasteiger partial charge is 0.490 e. The van der Waals surface area contributed by atoms with Crippen molar-refractivity contribution in [1.82, 2.24) is 4.98 Å². The maximum absolute atomic E-state index is 12.4. The van der Waals surface area contributed by atoms with Gasteiger partial charge in [0.05, 0.1) is 16.8 Å². The number of aryl methyl sites for hydroxylation is 1. The van der Waals surface area contributed by atoms with Crippen LogP contribution in [0.4, 0.5) is 0 Å². The molecule has 0 atom stereocenters. The van der Waals surface area contributed by atoms with E-state index in [-0.39, 0.29) is 5.78 Å². The fourth-order valence-electron chi connectivity index (χ4n) is 3.08. The minimum absolute atomic E-state index is 0.137. The molecule has 4 nitrogen and oxygen atoms in total. The van der Waals surface area contributed by atoms with Gasteiger partial charge in [0.15, 0.2) is 17.3 Å². The second kappa shape index (κ2) is 8.88. The second-order valence-electron chi connectivity index (χ2n) is 6.55. The van der Waals surface area contributed by atoms with Crippen molar-refractivity contribution in [3.05, 3.63) is 83.9 Å². The van der Waals surface area contributed by atoms with Crippen LogP contribution in [0.5, 0.6) is 16.7 Å². The summed E-state index contributed by atoms with van der Waals surface area (Å²) in [5.41, 5.74) is 2.70. The summed E-state index contributed by atoms with van der Waals surface area (Å²) in [6, 6.07) is 23.1. The van der Waals surface area contributed by atoms with Gasteiger partial charge in [0.1, 0.15) is 0 Å². The number of fused-ring (bicyclic) bond motifs is 1. The fourth-order valence-corrected chi connectivity index (χ4v) is 3.90. The van der Waals surface area contributed by atoms with Gasteiger partial charge in [-0.1, -0.05) is 59.9 Å². The third-order valence-electron chi connectivity index (χ3n) is 4.52. The minimum atomic E-state index is 0.137. The molecule has 0 saturated carbocycles. The third kappa shape index (κ3) is 4.63. The van der Waals surface area contributed by atoms with E-state index in [1.807, 2.05) is 79.7 Å². The van der Waals surface area contributed by atoms with Gasteiger partial charge >= 0.3 is 0 Å². The number of para-hydroxylation sites is 1. The molecule has 5 heteroatoms. The molecule has 0 aliphatic rings. The Balaban J connectivity index is 1.49. The van der Waals surface area contributed by atoms with E-state index in [2.05, 4.69) is 4.98 Å². The van der Waals surface area contributed by atoms with Crippen LogP contribution in [0.2, 0.25) is 0 Å². The Morgan fingerprint density at radius 1 is 0.966 bits per heavy atom. The van der Waals surface area contributed by atoms with Crippen LogP contribution in [0.15, 0.2) is 72.8 Å². The van der Waals surface area contributed by atoms with E-state index in [0.717, 1.165) is 21.3 Å². The Morgan fingerprint density at radius 2 is 1.76 bits per heavy atom. The number of ketones is 1. The molecular formula is C24H21NO3S. The number of rotatable bonds is 8. The van der Waals surface area contributed by atoms with Crippen molar-refractivity contribution < 1.29 is 14.3 Å². The van der Waals surface area contributed by atoms with Gasteiger partial charge in [-0.15, -0.1) is 0 Å². The van der Waals surface area contributed by atoms with Gasteiger partial charge in [0.25, 0.3) is 5.19 Å². The predicted octanol–water partition coefficient (Wildman–Crippen LogP) is 6.30. The van der Waals surface area contributed by atoms with E-state index in [0.29, 0.717) is 36.1 Å². The van der Waals surface area contributed by atoms with Gasteiger partial charge in [-0.2, -0.15) is 0 Å². The molecule has 1 aromatic heterocycles. The van der Waals surface area contributed by atoms with Crippen molar-refractivity contribution >= 4 is 27.3 Å². The molecule has 0 N–H and O–H groups in total. The minimum Gasteiger partial charge on any atom is -0.490 e. The van der Waals surface area contributed by atoms with Gasteiger partial charge in [0.2, 0.25) is 0 Å². The van der Waals surface area contributed by atoms with E-state index in [9.17, 15) is 4.79 Å². The lowest BCUT2D eigenvalue weighted by molar-refractivity contribution is 0.0983. The van der Waals surface area contributed by atoms with Crippen molar-refractivity contribution in [1.29, 1.82) is 0 Å². The molecule has 0 fully saturated rings. The summed E-state index contributed by atoms with van der Waals surface area (Å²) in [7, 11) is 0. The van der Waals surface area contributed by atoms with Crippen LogP contribution in [0.3, 0.4) is 0 Å². The molecule has 0 spiro atoms. The van der Waals surface area contributed by atoms with Crippen molar-refractivity contribution in [3.8, 4) is 16.7 Å². The first-order valence-electron chi connectivity index (χ1n) is 9.60. The number of ether oxygens (including phenoxy) is 2. The molecule has 29 heavy (non-hydrogen) atoms. The first kappa shape index (κ1) is 19.2. The molecule has 0 unspecified atom stereocenters. The lowest BCUT2D eigenvalue weighted by Gasteiger charge is -2.11. The van der Waals surface area contributed by atoms with E-state index in [4.69, 9.17) is 9.47 Å². The summed E-state index contributed by atoms with van der Waals surface area (Å²) in [5, 5.41) is 0.583. The SMILES string of the molecule is CCOc1cc(CCC(=O)c2ccccc2)ccc1Oc1nc2ccccc2s1. The smallest absolute Gasteiger partial charge is 0.279 e. The average molecular weight is 404 g/mol. The van der Waals surface area contributed by atoms with E-state index in [1.165, 1.54) is 11.3 Å². The van der Waals surface area contributed by atoms with Crippen LogP contribution in [0.25, 0.3) is 10.2 Å². The summed E-state index contributed by atoms with van der Waals surface area (Å²) in [5.74, 6) is 1.43. The standard InChI is InChI=1S/C24H21NO3S/c1-2-27-22-16-17(12-14-20(26)18-8-4-3-5-9-18)13-15-21(22)28-24-25-19-10-6-7-11-23(19)29-24/h3-11,13,15-16H,2,12,14H2,1H3. The zero-order valence-corrected chi connectivity index (χ0v) is 16.9. The van der Waals surface area contributed by atoms with Gasteiger partial charge in [-0.05, 0) is 43.2 Å². The number of hydrogen-bond acceptors (Lipinski definition) is 5. The molecule has 1 heterocycles. The summed E-state index contributed by atoms with van der Waals surface area (Å²) >= 11 is 1.50.